The third kappa shape index (κ3) is 5.32. The number of aliphatic hydroxyl groups excluding tert-OH is 8. The molecule has 10 heteroatoms. The summed E-state index contributed by atoms with van der Waals surface area (Å²) in [6.45, 7) is 0.901. The van der Waals surface area contributed by atoms with Gasteiger partial charge in [0.2, 0.25) is 0 Å². The molecular formula is C16H32N2O8. The van der Waals surface area contributed by atoms with Gasteiger partial charge in [-0.25, -0.2) is 0 Å². The Morgan fingerprint density at radius 3 is 1.92 bits per heavy atom. The van der Waals surface area contributed by atoms with Gasteiger partial charge in [0.15, 0.2) is 0 Å². The van der Waals surface area contributed by atoms with Gasteiger partial charge in [-0.15, -0.1) is 0 Å². The SMILES string of the molecule is OC[C@@H]1[C@@H](O)[C@H](O)[C@@H](O)CN1CC1CC1.OC[C@H]1NC[C@H](O)[C@@H](O)[C@@H]1O. The molecule has 1 saturated carbocycles. The molecule has 26 heavy (non-hydrogen) atoms. The van der Waals surface area contributed by atoms with E-state index in [9.17, 15) is 25.5 Å². The highest BCUT2D eigenvalue weighted by molar-refractivity contribution is 4.95. The highest BCUT2D eigenvalue weighted by Crippen LogP contribution is 2.32. The Kier molecular flexibility index (Phi) is 8.16. The van der Waals surface area contributed by atoms with E-state index in [2.05, 4.69) is 5.32 Å². The standard InChI is InChI=1S/C10H19NO4.C6H13NO4/c12-5-7-9(14)10(15)8(13)4-11(7)3-6-1-2-6;8-2-3-5(10)6(11)4(9)1-7-3/h6-10,12-15H,1-5H2;3-11H,1-2H2/t7-,8+,9-,10-;3-,4+,5-,6-/m11/s1. The molecule has 3 aliphatic rings. The van der Waals surface area contributed by atoms with E-state index in [-0.39, 0.29) is 19.8 Å². The van der Waals surface area contributed by atoms with E-state index in [1.165, 1.54) is 12.8 Å². The number of piperidine rings is 2. The minimum Gasteiger partial charge on any atom is -0.395 e. The van der Waals surface area contributed by atoms with E-state index >= 15 is 0 Å². The van der Waals surface area contributed by atoms with Gasteiger partial charge in [0.1, 0.15) is 18.3 Å². The lowest BCUT2D eigenvalue weighted by molar-refractivity contribution is -0.145. The molecule has 10 nitrogen and oxygen atoms in total. The predicted octanol–water partition coefficient (Wildman–Crippen LogP) is -4.81. The van der Waals surface area contributed by atoms with Crippen LogP contribution in [0.25, 0.3) is 0 Å². The van der Waals surface area contributed by atoms with Gasteiger partial charge in [-0.1, -0.05) is 0 Å². The first kappa shape index (κ1) is 21.9. The first-order valence-electron chi connectivity index (χ1n) is 9.07. The molecule has 0 amide bonds. The van der Waals surface area contributed by atoms with Crippen LogP contribution in [0.2, 0.25) is 0 Å². The number of hydrogen-bond acceptors (Lipinski definition) is 10. The molecular weight excluding hydrogens is 348 g/mol. The molecule has 3 fully saturated rings. The van der Waals surface area contributed by atoms with Crippen molar-refractivity contribution in [3.63, 3.8) is 0 Å². The summed E-state index contributed by atoms with van der Waals surface area (Å²) < 4.78 is 0. The van der Waals surface area contributed by atoms with Gasteiger partial charge in [-0.3, -0.25) is 4.90 Å². The van der Waals surface area contributed by atoms with Crippen LogP contribution in [0.15, 0.2) is 0 Å². The minimum absolute atomic E-state index is 0.183. The lowest BCUT2D eigenvalue weighted by atomic mass is 9.94. The Balaban J connectivity index is 0.000000197. The fourth-order valence-electron chi connectivity index (χ4n) is 3.37. The molecule has 0 radical (unpaired) electrons. The van der Waals surface area contributed by atoms with Crippen molar-refractivity contribution in [3.8, 4) is 0 Å². The maximum absolute atomic E-state index is 9.70. The topological polar surface area (TPSA) is 177 Å². The largest absolute Gasteiger partial charge is 0.395 e. The van der Waals surface area contributed by atoms with Crippen molar-refractivity contribution < 1.29 is 40.9 Å². The van der Waals surface area contributed by atoms with E-state index in [1.54, 1.807) is 0 Å². The monoisotopic (exact) mass is 380 g/mol. The van der Waals surface area contributed by atoms with Gasteiger partial charge < -0.3 is 46.2 Å². The molecule has 9 N–H and O–H groups in total. The average molecular weight is 380 g/mol. The van der Waals surface area contributed by atoms with Gasteiger partial charge >= 0.3 is 0 Å². The number of likely N-dealkylation sites (tertiary alicyclic amines) is 1. The van der Waals surface area contributed by atoms with Gasteiger partial charge in [0, 0.05) is 19.6 Å². The van der Waals surface area contributed by atoms with Crippen LogP contribution in [0.4, 0.5) is 0 Å². The second-order valence-corrected chi connectivity index (χ2v) is 7.44. The van der Waals surface area contributed by atoms with Crippen LogP contribution in [0, 0.1) is 5.92 Å². The van der Waals surface area contributed by atoms with E-state index in [1.807, 2.05) is 4.90 Å². The van der Waals surface area contributed by atoms with Crippen LogP contribution in [0.3, 0.4) is 0 Å². The normalized spacial score (nSPS) is 44.3. The summed E-state index contributed by atoms with van der Waals surface area (Å²) in [5.41, 5.74) is 0. The van der Waals surface area contributed by atoms with E-state index in [4.69, 9.17) is 15.3 Å². The summed E-state index contributed by atoms with van der Waals surface area (Å²) in [6.07, 6.45) is -3.95. The summed E-state index contributed by atoms with van der Waals surface area (Å²) >= 11 is 0. The molecule has 0 spiro atoms. The highest BCUT2D eigenvalue weighted by atomic mass is 16.4. The number of β-amino-alcohol motifs (C(OH)–C–C–N with tert-alkyl or cyclic N) is 2. The summed E-state index contributed by atoms with van der Waals surface area (Å²) in [5.74, 6) is 0.633. The van der Waals surface area contributed by atoms with E-state index in [0.717, 1.165) is 6.54 Å². The highest BCUT2D eigenvalue weighted by Gasteiger charge is 2.42. The molecule has 0 aromatic rings. The van der Waals surface area contributed by atoms with Crippen molar-refractivity contribution in [3.05, 3.63) is 0 Å². The van der Waals surface area contributed by atoms with Gasteiger partial charge in [-0.05, 0) is 18.8 Å². The van der Waals surface area contributed by atoms with Crippen LogP contribution in [0.1, 0.15) is 12.8 Å². The molecule has 2 aliphatic heterocycles. The zero-order valence-electron chi connectivity index (χ0n) is 14.7. The zero-order chi connectivity index (χ0) is 19.4. The zero-order valence-corrected chi connectivity index (χ0v) is 14.7. The third-order valence-corrected chi connectivity index (χ3v) is 5.35. The van der Waals surface area contributed by atoms with Crippen molar-refractivity contribution >= 4 is 0 Å². The van der Waals surface area contributed by atoms with Crippen LogP contribution in [0.5, 0.6) is 0 Å². The van der Waals surface area contributed by atoms with Gasteiger partial charge in [0.25, 0.3) is 0 Å². The Bertz CT molecular complexity index is 425. The Morgan fingerprint density at radius 1 is 0.769 bits per heavy atom. The minimum atomic E-state index is -1.16. The summed E-state index contributed by atoms with van der Waals surface area (Å²) in [6, 6.07) is -0.975. The van der Waals surface area contributed by atoms with Crippen molar-refractivity contribution in [2.75, 3.05) is 32.8 Å². The molecule has 0 aromatic carbocycles. The molecule has 2 saturated heterocycles. The Hall–Kier alpha value is -0.400. The van der Waals surface area contributed by atoms with Crippen molar-refractivity contribution in [2.45, 2.75) is 61.5 Å². The van der Waals surface area contributed by atoms with Crippen LogP contribution < -0.4 is 5.32 Å². The van der Waals surface area contributed by atoms with Crippen molar-refractivity contribution in [2.24, 2.45) is 5.92 Å². The molecule has 8 atom stereocenters. The second-order valence-electron chi connectivity index (χ2n) is 7.44. The average Bonchev–Trinajstić information content (AvgIpc) is 3.43. The van der Waals surface area contributed by atoms with E-state index < -0.39 is 48.7 Å². The number of aliphatic hydroxyl groups is 8. The first-order valence-corrected chi connectivity index (χ1v) is 9.07. The quantitative estimate of drug-likeness (QED) is 0.230. The summed E-state index contributed by atoms with van der Waals surface area (Å²) in [4.78, 5) is 1.89. The lowest BCUT2D eigenvalue weighted by Gasteiger charge is -2.43. The first-order chi connectivity index (χ1) is 12.3. The number of nitrogens with zero attached hydrogens (tertiary/aromatic N) is 1. The fraction of sp³-hybridized carbons (Fsp3) is 1.00. The van der Waals surface area contributed by atoms with Crippen LogP contribution >= 0.6 is 0 Å². The molecule has 0 bridgehead atoms. The van der Waals surface area contributed by atoms with Crippen LogP contribution in [-0.2, 0) is 0 Å². The van der Waals surface area contributed by atoms with Crippen molar-refractivity contribution in [1.29, 1.82) is 0 Å². The maximum Gasteiger partial charge on any atom is 0.109 e. The second kappa shape index (κ2) is 9.69. The molecule has 1 aliphatic carbocycles. The number of rotatable bonds is 4. The maximum atomic E-state index is 9.70. The smallest absolute Gasteiger partial charge is 0.109 e. The van der Waals surface area contributed by atoms with E-state index in [0.29, 0.717) is 12.5 Å². The number of nitrogens with one attached hydrogen (secondary N) is 1. The van der Waals surface area contributed by atoms with Crippen molar-refractivity contribution in [1.82, 2.24) is 10.2 Å². The lowest BCUT2D eigenvalue weighted by Crippen LogP contribution is -2.62. The predicted molar refractivity (Wildman–Crippen MR) is 90.1 cm³/mol. The summed E-state index contributed by atoms with van der Waals surface area (Å²) in [7, 11) is 0. The number of hydrogen-bond donors (Lipinski definition) is 9. The molecule has 3 rings (SSSR count). The molecule has 154 valence electrons. The Morgan fingerprint density at radius 2 is 1.38 bits per heavy atom. The molecule has 2 heterocycles. The fourth-order valence-corrected chi connectivity index (χ4v) is 3.37. The summed E-state index contributed by atoms with van der Waals surface area (Å²) in [5, 5.41) is 76.5. The molecule has 0 unspecified atom stereocenters. The third-order valence-electron chi connectivity index (χ3n) is 5.35. The Labute approximate surface area is 152 Å². The molecule has 0 aromatic heterocycles. The van der Waals surface area contributed by atoms with Gasteiger partial charge in [0.05, 0.1) is 43.6 Å². The van der Waals surface area contributed by atoms with Crippen LogP contribution in [-0.4, -0.2) is 127 Å². The van der Waals surface area contributed by atoms with Gasteiger partial charge in [-0.2, -0.15) is 0 Å².